The van der Waals surface area contributed by atoms with E-state index in [4.69, 9.17) is 4.74 Å². The van der Waals surface area contributed by atoms with Gasteiger partial charge in [-0.1, -0.05) is 13.0 Å². The Morgan fingerprint density at radius 1 is 1.53 bits per heavy atom. The van der Waals surface area contributed by atoms with Crippen LogP contribution in [0.5, 0.6) is 0 Å². The van der Waals surface area contributed by atoms with Gasteiger partial charge in [-0.2, -0.15) is 0 Å². The first-order chi connectivity index (χ1) is 9.02. The summed E-state index contributed by atoms with van der Waals surface area (Å²) in [7, 11) is 0. The van der Waals surface area contributed by atoms with Gasteiger partial charge in [0.1, 0.15) is 0 Å². The molecule has 2 rings (SSSR count). The van der Waals surface area contributed by atoms with Gasteiger partial charge in [0.2, 0.25) is 0 Å². The summed E-state index contributed by atoms with van der Waals surface area (Å²) in [5.41, 5.74) is 2.12. The van der Waals surface area contributed by atoms with Gasteiger partial charge in [-0.15, -0.1) is 0 Å². The number of nitrogens with zero attached hydrogens (tertiary/aromatic N) is 1. The average Bonchev–Trinajstić information content (AvgIpc) is 2.38. The lowest BCUT2D eigenvalue weighted by Crippen LogP contribution is -2.48. The predicted octanol–water partition coefficient (Wildman–Crippen LogP) is 3.51. The zero-order valence-corrected chi connectivity index (χ0v) is 13.4. The number of anilines is 1. The topological polar surface area (TPSA) is 32.7 Å². The molecule has 1 N–H and O–H groups in total. The van der Waals surface area contributed by atoms with Crippen molar-refractivity contribution in [2.24, 2.45) is 0 Å². The molecule has 1 fully saturated rings. The molecule has 1 heterocycles. The minimum atomic E-state index is -0.434. The molecular weight excluding hydrogens is 306 g/mol. The van der Waals surface area contributed by atoms with Gasteiger partial charge in [0.05, 0.1) is 30.5 Å². The third-order valence-electron chi connectivity index (χ3n) is 3.70. The van der Waals surface area contributed by atoms with Crippen molar-refractivity contribution in [1.82, 2.24) is 0 Å². The van der Waals surface area contributed by atoms with Crippen LogP contribution in [-0.2, 0) is 4.74 Å². The van der Waals surface area contributed by atoms with Crippen molar-refractivity contribution in [2.75, 3.05) is 18.1 Å². The van der Waals surface area contributed by atoms with Crippen molar-refractivity contribution in [3.63, 3.8) is 0 Å². The molecule has 0 amide bonds. The predicted molar refractivity (Wildman–Crippen MR) is 81.6 cm³/mol. The molecule has 0 bridgehead atoms. The van der Waals surface area contributed by atoms with Gasteiger partial charge < -0.3 is 14.7 Å². The van der Waals surface area contributed by atoms with Gasteiger partial charge in [-0.05, 0) is 53.9 Å². The highest BCUT2D eigenvalue weighted by molar-refractivity contribution is 9.10. The molecule has 1 aliphatic rings. The van der Waals surface area contributed by atoms with Gasteiger partial charge in [0.15, 0.2) is 0 Å². The first kappa shape index (κ1) is 14.8. The van der Waals surface area contributed by atoms with Crippen LogP contribution in [-0.4, -0.2) is 30.4 Å². The maximum atomic E-state index is 9.64. The monoisotopic (exact) mass is 327 g/mol. The largest absolute Gasteiger partial charge is 0.389 e. The number of ether oxygens (including phenoxy) is 1. The first-order valence-corrected chi connectivity index (χ1v) is 7.68. The average molecular weight is 328 g/mol. The normalized spacial score (nSPS) is 25.4. The van der Waals surface area contributed by atoms with Gasteiger partial charge in [-0.3, -0.25) is 0 Å². The van der Waals surface area contributed by atoms with E-state index in [0.717, 1.165) is 29.6 Å². The number of hydrogen-bond donors (Lipinski definition) is 1. The molecule has 19 heavy (non-hydrogen) atoms. The fourth-order valence-electron chi connectivity index (χ4n) is 2.49. The Labute approximate surface area is 123 Å². The molecule has 0 spiro atoms. The Morgan fingerprint density at radius 3 is 2.84 bits per heavy atom. The standard InChI is InChI=1S/C15H22BrNO2/c1-4-13-9-19-10(2)8-17(13)15-6-5-12(11(3)18)7-14(15)16/h5-7,10-11,13,18H,4,8-9H2,1-3H3/t10?,11-,13?/m1/s1. The molecule has 1 aliphatic heterocycles. The molecule has 3 nitrogen and oxygen atoms in total. The summed E-state index contributed by atoms with van der Waals surface area (Å²) in [6, 6.07) is 6.52. The number of aliphatic hydroxyl groups excluding tert-OH is 1. The summed E-state index contributed by atoms with van der Waals surface area (Å²) in [6.07, 6.45) is 0.888. The van der Waals surface area contributed by atoms with Crippen molar-refractivity contribution < 1.29 is 9.84 Å². The number of morpholine rings is 1. The second kappa shape index (κ2) is 6.25. The van der Waals surface area contributed by atoms with Crippen LogP contribution in [0, 0.1) is 0 Å². The summed E-state index contributed by atoms with van der Waals surface area (Å²) < 4.78 is 6.78. The molecule has 2 unspecified atom stereocenters. The molecule has 1 aromatic rings. The molecule has 1 aromatic carbocycles. The third-order valence-corrected chi connectivity index (χ3v) is 4.34. The summed E-state index contributed by atoms with van der Waals surface area (Å²) in [5.74, 6) is 0. The van der Waals surface area contributed by atoms with E-state index in [1.165, 1.54) is 5.69 Å². The molecule has 0 saturated carbocycles. The van der Waals surface area contributed by atoms with E-state index >= 15 is 0 Å². The third kappa shape index (κ3) is 3.30. The lowest BCUT2D eigenvalue weighted by molar-refractivity contribution is 0.0299. The summed E-state index contributed by atoms with van der Waals surface area (Å²) in [4.78, 5) is 2.41. The highest BCUT2D eigenvalue weighted by atomic mass is 79.9. The SMILES string of the molecule is CCC1COC(C)CN1c1ccc([C@@H](C)O)cc1Br. The van der Waals surface area contributed by atoms with Crippen LogP contribution >= 0.6 is 15.9 Å². The summed E-state index contributed by atoms with van der Waals surface area (Å²) >= 11 is 3.63. The first-order valence-electron chi connectivity index (χ1n) is 6.88. The fraction of sp³-hybridized carbons (Fsp3) is 0.600. The van der Waals surface area contributed by atoms with Crippen LogP contribution in [0.3, 0.4) is 0 Å². The van der Waals surface area contributed by atoms with E-state index in [1.54, 1.807) is 6.92 Å². The maximum Gasteiger partial charge on any atom is 0.0762 e. The zero-order valence-electron chi connectivity index (χ0n) is 11.8. The lowest BCUT2D eigenvalue weighted by atomic mass is 10.1. The minimum Gasteiger partial charge on any atom is -0.389 e. The van der Waals surface area contributed by atoms with E-state index in [1.807, 2.05) is 12.1 Å². The van der Waals surface area contributed by atoms with E-state index in [9.17, 15) is 5.11 Å². The molecule has 106 valence electrons. The van der Waals surface area contributed by atoms with Crippen LogP contribution in [0.25, 0.3) is 0 Å². The van der Waals surface area contributed by atoms with E-state index in [-0.39, 0.29) is 6.10 Å². The Bertz CT molecular complexity index is 436. The van der Waals surface area contributed by atoms with Crippen molar-refractivity contribution >= 4 is 21.6 Å². The van der Waals surface area contributed by atoms with Gasteiger partial charge in [0, 0.05) is 11.0 Å². The maximum absolute atomic E-state index is 9.64. The van der Waals surface area contributed by atoms with Crippen LogP contribution in [0.15, 0.2) is 22.7 Å². The minimum absolute atomic E-state index is 0.256. The van der Waals surface area contributed by atoms with Crippen molar-refractivity contribution in [2.45, 2.75) is 45.4 Å². The Morgan fingerprint density at radius 2 is 2.26 bits per heavy atom. The quantitative estimate of drug-likeness (QED) is 0.922. The van der Waals surface area contributed by atoms with Gasteiger partial charge in [-0.25, -0.2) is 0 Å². The highest BCUT2D eigenvalue weighted by Gasteiger charge is 2.27. The van der Waals surface area contributed by atoms with Crippen LogP contribution in [0.2, 0.25) is 0 Å². The van der Waals surface area contributed by atoms with Crippen LogP contribution < -0.4 is 4.90 Å². The van der Waals surface area contributed by atoms with Crippen molar-refractivity contribution in [3.05, 3.63) is 28.2 Å². The van der Waals surface area contributed by atoms with Gasteiger partial charge >= 0.3 is 0 Å². The van der Waals surface area contributed by atoms with Crippen molar-refractivity contribution in [3.8, 4) is 0 Å². The fourth-order valence-corrected chi connectivity index (χ4v) is 3.12. The Hall–Kier alpha value is -0.580. The molecule has 3 atom stereocenters. The number of aliphatic hydroxyl groups is 1. The molecule has 0 aliphatic carbocycles. The summed E-state index contributed by atoms with van der Waals surface area (Å²) in [6.45, 7) is 7.77. The van der Waals surface area contributed by atoms with Crippen molar-refractivity contribution in [1.29, 1.82) is 0 Å². The second-order valence-electron chi connectivity index (χ2n) is 5.25. The number of halogens is 1. The molecule has 0 radical (unpaired) electrons. The smallest absolute Gasteiger partial charge is 0.0762 e. The van der Waals surface area contributed by atoms with Crippen LogP contribution in [0.1, 0.15) is 38.9 Å². The number of rotatable bonds is 3. The molecule has 1 saturated heterocycles. The van der Waals surface area contributed by atoms with E-state index in [0.29, 0.717) is 6.04 Å². The van der Waals surface area contributed by atoms with E-state index < -0.39 is 6.10 Å². The number of hydrogen-bond acceptors (Lipinski definition) is 3. The van der Waals surface area contributed by atoms with Gasteiger partial charge in [0.25, 0.3) is 0 Å². The molecular formula is C15H22BrNO2. The zero-order chi connectivity index (χ0) is 14.0. The Kier molecular flexibility index (Phi) is 4.87. The second-order valence-corrected chi connectivity index (χ2v) is 6.10. The Balaban J connectivity index is 2.28. The summed E-state index contributed by atoms with van der Waals surface area (Å²) in [5, 5.41) is 9.64. The molecule has 0 aromatic heterocycles. The highest BCUT2D eigenvalue weighted by Crippen LogP contribution is 2.32. The number of benzene rings is 1. The molecule has 4 heteroatoms. The lowest BCUT2D eigenvalue weighted by Gasteiger charge is -2.40. The van der Waals surface area contributed by atoms with Crippen LogP contribution in [0.4, 0.5) is 5.69 Å². The van der Waals surface area contributed by atoms with E-state index in [2.05, 4.69) is 40.7 Å².